The number of hydrogen-bond donors (Lipinski definition) is 1. The van der Waals surface area contributed by atoms with Crippen LogP contribution >= 0.6 is 0 Å². The van der Waals surface area contributed by atoms with Crippen molar-refractivity contribution in [3.05, 3.63) is 48.0 Å². The van der Waals surface area contributed by atoms with E-state index in [2.05, 4.69) is 36.1 Å². The Labute approximate surface area is 114 Å². The fourth-order valence-electron chi connectivity index (χ4n) is 2.33. The zero-order valence-electron chi connectivity index (χ0n) is 11.5. The average molecular weight is 259 g/mol. The zero-order valence-corrected chi connectivity index (χ0v) is 11.5. The molecule has 1 heterocycles. The van der Waals surface area contributed by atoms with Gasteiger partial charge in [-0.3, -0.25) is 0 Å². The van der Waals surface area contributed by atoms with E-state index in [0.717, 1.165) is 18.4 Å². The summed E-state index contributed by atoms with van der Waals surface area (Å²) in [6.07, 6.45) is 2.86. The molecule has 0 fully saturated rings. The molecule has 1 unspecified atom stereocenters. The minimum Gasteiger partial charge on any atom is -0.385 e. The predicted molar refractivity (Wildman–Crippen MR) is 74.6 cm³/mol. The molecule has 1 N–H and O–H groups in total. The summed E-state index contributed by atoms with van der Waals surface area (Å²) in [4.78, 5) is 4.23. The number of aliphatic hydroxyl groups is 1. The molecule has 102 valence electrons. The van der Waals surface area contributed by atoms with E-state index < -0.39 is 6.10 Å². The van der Waals surface area contributed by atoms with Gasteiger partial charge in [0.15, 0.2) is 5.82 Å². The Bertz CT molecular complexity index is 491. The summed E-state index contributed by atoms with van der Waals surface area (Å²) < 4.78 is 1.79. The molecule has 0 radical (unpaired) electrons. The highest BCUT2D eigenvalue weighted by Crippen LogP contribution is 2.25. The molecular formula is C15H21N3O. The standard InChI is InChI=1S/C15H21N3O/c1-3-13(4-2)14(19)15-16-11-17-18(15)10-12-8-6-5-7-9-12/h5-9,11,13-14,19H,3-4,10H2,1-2H3. The Hall–Kier alpha value is -1.68. The van der Waals surface area contributed by atoms with Crippen molar-refractivity contribution in [3.63, 3.8) is 0 Å². The van der Waals surface area contributed by atoms with Gasteiger partial charge in [0.25, 0.3) is 0 Å². The molecule has 0 aliphatic rings. The zero-order chi connectivity index (χ0) is 13.7. The maximum atomic E-state index is 10.4. The quantitative estimate of drug-likeness (QED) is 0.868. The number of aromatic nitrogens is 3. The molecule has 2 rings (SSSR count). The van der Waals surface area contributed by atoms with E-state index in [1.54, 1.807) is 4.68 Å². The van der Waals surface area contributed by atoms with E-state index in [-0.39, 0.29) is 5.92 Å². The third-order valence-electron chi connectivity index (χ3n) is 3.58. The summed E-state index contributed by atoms with van der Waals surface area (Å²) in [5.74, 6) is 0.899. The topological polar surface area (TPSA) is 50.9 Å². The molecule has 0 aliphatic heterocycles. The van der Waals surface area contributed by atoms with Crippen LogP contribution in [0.1, 0.15) is 44.2 Å². The lowest BCUT2D eigenvalue weighted by atomic mass is 9.96. The lowest BCUT2D eigenvalue weighted by Crippen LogP contribution is -2.17. The van der Waals surface area contributed by atoms with Gasteiger partial charge in [-0.2, -0.15) is 5.10 Å². The number of aliphatic hydroxyl groups excluding tert-OH is 1. The Morgan fingerprint density at radius 2 is 1.84 bits per heavy atom. The molecule has 4 heteroatoms. The highest BCUT2D eigenvalue weighted by atomic mass is 16.3. The normalized spacial score (nSPS) is 12.8. The van der Waals surface area contributed by atoms with Crippen LogP contribution in [0.4, 0.5) is 0 Å². The van der Waals surface area contributed by atoms with Crippen LogP contribution in [-0.2, 0) is 6.54 Å². The lowest BCUT2D eigenvalue weighted by Gasteiger charge is -2.19. The smallest absolute Gasteiger partial charge is 0.156 e. The second-order valence-electron chi connectivity index (χ2n) is 4.78. The largest absolute Gasteiger partial charge is 0.385 e. The average Bonchev–Trinajstić information content (AvgIpc) is 2.89. The summed E-state index contributed by atoms with van der Waals surface area (Å²) in [7, 11) is 0. The molecular weight excluding hydrogens is 238 g/mol. The number of hydrogen-bond acceptors (Lipinski definition) is 3. The molecule has 0 saturated carbocycles. The summed E-state index contributed by atoms with van der Waals surface area (Å²) in [5.41, 5.74) is 1.16. The minimum absolute atomic E-state index is 0.235. The van der Waals surface area contributed by atoms with Gasteiger partial charge in [-0.15, -0.1) is 0 Å². The Kier molecular flexibility index (Phi) is 4.68. The van der Waals surface area contributed by atoms with E-state index in [9.17, 15) is 5.11 Å². The third-order valence-corrected chi connectivity index (χ3v) is 3.58. The van der Waals surface area contributed by atoms with Crippen LogP contribution < -0.4 is 0 Å². The van der Waals surface area contributed by atoms with Crippen molar-refractivity contribution in [1.82, 2.24) is 14.8 Å². The number of rotatable bonds is 6. The molecule has 0 bridgehead atoms. The summed E-state index contributed by atoms with van der Waals surface area (Å²) in [5, 5.41) is 14.6. The maximum Gasteiger partial charge on any atom is 0.156 e. The van der Waals surface area contributed by atoms with Crippen LogP contribution in [0.5, 0.6) is 0 Å². The minimum atomic E-state index is -0.541. The van der Waals surface area contributed by atoms with Crippen LogP contribution in [0.3, 0.4) is 0 Å². The monoisotopic (exact) mass is 259 g/mol. The van der Waals surface area contributed by atoms with Gasteiger partial charge in [0.1, 0.15) is 12.4 Å². The number of benzene rings is 1. The first-order valence-electron chi connectivity index (χ1n) is 6.85. The molecule has 0 amide bonds. The first-order chi connectivity index (χ1) is 9.26. The van der Waals surface area contributed by atoms with Crippen molar-refractivity contribution >= 4 is 0 Å². The molecule has 1 aromatic carbocycles. The molecule has 19 heavy (non-hydrogen) atoms. The second kappa shape index (κ2) is 6.48. The van der Waals surface area contributed by atoms with E-state index in [4.69, 9.17) is 0 Å². The molecule has 2 aromatic rings. The van der Waals surface area contributed by atoms with Gasteiger partial charge in [-0.25, -0.2) is 9.67 Å². The molecule has 0 saturated heterocycles. The van der Waals surface area contributed by atoms with Crippen molar-refractivity contribution in [2.45, 2.75) is 39.3 Å². The Morgan fingerprint density at radius 3 is 2.47 bits per heavy atom. The van der Waals surface area contributed by atoms with Gasteiger partial charge in [-0.05, 0) is 11.5 Å². The van der Waals surface area contributed by atoms with Gasteiger partial charge in [0.05, 0.1) is 6.54 Å². The van der Waals surface area contributed by atoms with Gasteiger partial charge in [0.2, 0.25) is 0 Å². The Morgan fingerprint density at radius 1 is 1.16 bits per heavy atom. The van der Waals surface area contributed by atoms with Gasteiger partial charge in [-0.1, -0.05) is 57.0 Å². The van der Waals surface area contributed by atoms with Crippen molar-refractivity contribution in [2.24, 2.45) is 5.92 Å². The highest BCUT2D eigenvalue weighted by molar-refractivity contribution is 5.15. The number of nitrogens with zero attached hydrogens (tertiary/aromatic N) is 3. The first-order valence-corrected chi connectivity index (χ1v) is 6.85. The summed E-state index contributed by atoms with van der Waals surface area (Å²) in [6.45, 7) is 4.83. The maximum absolute atomic E-state index is 10.4. The van der Waals surface area contributed by atoms with Gasteiger partial charge >= 0.3 is 0 Å². The van der Waals surface area contributed by atoms with E-state index in [1.807, 2.05) is 18.2 Å². The first kappa shape index (κ1) is 13.7. The van der Waals surface area contributed by atoms with Crippen molar-refractivity contribution in [3.8, 4) is 0 Å². The lowest BCUT2D eigenvalue weighted by molar-refractivity contribution is 0.0904. The predicted octanol–water partition coefficient (Wildman–Crippen LogP) is 2.80. The van der Waals surface area contributed by atoms with Crippen LogP contribution in [0.2, 0.25) is 0 Å². The van der Waals surface area contributed by atoms with Crippen molar-refractivity contribution < 1.29 is 5.11 Å². The molecule has 1 atom stereocenters. The van der Waals surface area contributed by atoms with Gasteiger partial charge in [0, 0.05) is 0 Å². The van der Waals surface area contributed by atoms with E-state index in [1.165, 1.54) is 6.33 Å². The Balaban J connectivity index is 2.18. The third kappa shape index (κ3) is 3.20. The molecule has 4 nitrogen and oxygen atoms in total. The molecule has 1 aromatic heterocycles. The highest BCUT2D eigenvalue weighted by Gasteiger charge is 2.22. The molecule has 0 spiro atoms. The van der Waals surface area contributed by atoms with E-state index in [0.29, 0.717) is 12.4 Å². The SMILES string of the molecule is CCC(CC)C(O)c1ncnn1Cc1ccccc1. The summed E-state index contributed by atoms with van der Waals surface area (Å²) in [6, 6.07) is 10.1. The fraction of sp³-hybridized carbons (Fsp3) is 0.467. The van der Waals surface area contributed by atoms with Gasteiger partial charge < -0.3 is 5.11 Å². The van der Waals surface area contributed by atoms with E-state index >= 15 is 0 Å². The van der Waals surface area contributed by atoms with Crippen LogP contribution in [0.15, 0.2) is 36.7 Å². The van der Waals surface area contributed by atoms with Crippen molar-refractivity contribution in [1.29, 1.82) is 0 Å². The second-order valence-corrected chi connectivity index (χ2v) is 4.78. The summed E-state index contributed by atoms with van der Waals surface area (Å²) >= 11 is 0. The molecule has 0 aliphatic carbocycles. The van der Waals surface area contributed by atoms with Crippen LogP contribution in [-0.4, -0.2) is 19.9 Å². The van der Waals surface area contributed by atoms with Crippen LogP contribution in [0.25, 0.3) is 0 Å². The van der Waals surface area contributed by atoms with Crippen molar-refractivity contribution in [2.75, 3.05) is 0 Å². The fourth-order valence-corrected chi connectivity index (χ4v) is 2.33. The van der Waals surface area contributed by atoms with Crippen LogP contribution in [0, 0.1) is 5.92 Å².